The van der Waals surface area contributed by atoms with Gasteiger partial charge in [-0.05, 0) is 31.2 Å². The molecule has 96 valence electrons. The number of benzene rings is 2. The predicted octanol–water partition coefficient (Wildman–Crippen LogP) is 4.60. The Labute approximate surface area is 117 Å². The summed E-state index contributed by atoms with van der Waals surface area (Å²) in [4.78, 5) is 0. The molecule has 0 unspecified atom stereocenters. The number of hydrogen-bond donors (Lipinski definition) is 0. The van der Waals surface area contributed by atoms with Crippen molar-refractivity contribution in [1.29, 1.82) is 0 Å². The first kappa shape index (κ1) is 12.1. The molecule has 0 saturated carbocycles. The summed E-state index contributed by atoms with van der Waals surface area (Å²) in [6.45, 7) is 2.09. The summed E-state index contributed by atoms with van der Waals surface area (Å²) in [5, 5.41) is 1.76. The van der Waals surface area contributed by atoms with E-state index in [9.17, 15) is 0 Å². The highest BCUT2D eigenvalue weighted by molar-refractivity contribution is 6.32. The summed E-state index contributed by atoms with van der Waals surface area (Å²) in [5.74, 6) is 0.699. The van der Waals surface area contributed by atoms with Gasteiger partial charge in [0.2, 0.25) is 0 Å². The molecule has 3 aromatic rings. The van der Waals surface area contributed by atoms with E-state index >= 15 is 0 Å². The summed E-state index contributed by atoms with van der Waals surface area (Å²) in [6, 6.07) is 16.3. The lowest BCUT2D eigenvalue weighted by atomic mass is 10.2. The van der Waals surface area contributed by atoms with Gasteiger partial charge in [0.1, 0.15) is 5.75 Å². The lowest BCUT2D eigenvalue weighted by Gasteiger charge is -2.09. The SMILES string of the molecule is COc1cc2c(cc1Cl)cc(C)n2-c1ccccc1. The largest absolute Gasteiger partial charge is 0.495 e. The standard InChI is InChI=1S/C16H14ClNO/c1-11-8-12-9-14(17)16(19-2)10-15(12)18(11)13-6-4-3-5-7-13/h3-10H,1-2H3. The van der Waals surface area contributed by atoms with Crippen molar-refractivity contribution in [3.8, 4) is 11.4 Å². The van der Waals surface area contributed by atoms with Crippen molar-refractivity contribution in [2.75, 3.05) is 7.11 Å². The maximum Gasteiger partial charge on any atom is 0.139 e. The van der Waals surface area contributed by atoms with Gasteiger partial charge in [-0.15, -0.1) is 0 Å². The highest BCUT2D eigenvalue weighted by atomic mass is 35.5. The van der Waals surface area contributed by atoms with Gasteiger partial charge >= 0.3 is 0 Å². The molecule has 0 aliphatic rings. The first-order valence-corrected chi connectivity index (χ1v) is 6.49. The van der Waals surface area contributed by atoms with Crippen LogP contribution in [0.1, 0.15) is 5.69 Å². The van der Waals surface area contributed by atoms with E-state index in [0.29, 0.717) is 10.8 Å². The van der Waals surface area contributed by atoms with Crippen LogP contribution in [0.15, 0.2) is 48.5 Å². The molecule has 0 bridgehead atoms. The Bertz CT molecular complexity index is 731. The summed E-state index contributed by atoms with van der Waals surface area (Å²) >= 11 is 6.18. The number of aryl methyl sites for hydroxylation is 1. The van der Waals surface area contributed by atoms with Crippen LogP contribution in [0.25, 0.3) is 16.6 Å². The van der Waals surface area contributed by atoms with Crippen molar-refractivity contribution in [3.63, 3.8) is 0 Å². The van der Waals surface area contributed by atoms with Crippen LogP contribution in [-0.2, 0) is 0 Å². The number of nitrogens with zero attached hydrogens (tertiary/aromatic N) is 1. The van der Waals surface area contributed by atoms with Gasteiger partial charge in [-0.3, -0.25) is 0 Å². The van der Waals surface area contributed by atoms with E-state index in [1.54, 1.807) is 7.11 Å². The molecule has 2 aromatic carbocycles. The Kier molecular flexibility index (Phi) is 2.96. The Balaban J connectivity index is 2.33. The van der Waals surface area contributed by atoms with Gasteiger partial charge in [-0.2, -0.15) is 0 Å². The van der Waals surface area contributed by atoms with Crippen molar-refractivity contribution in [3.05, 3.63) is 59.2 Å². The fraction of sp³-hybridized carbons (Fsp3) is 0.125. The Morgan fingerprint density at radius 1 is 1.05 bits per heavy atom. The van der Waals surface area contributed by atoms with Crippen molar-refractivity contribution >= 4 is 22.5 Å². The molecule has 2 nitrogen and oxygen atoms in total. The highest BCUT2D eigenvalue weighted by Gasteiger charge is 2.11. The molecular weight excluding hydrogens is 258 g/mol. The topological polar surface area (TPSA) is 14.2 Å². The highest BCUT2D eigenvalue weighted by Crippen LogP contribution is 2.33. The van der Waals surface area contributed by atoms with E-state index in [1.165, 1.54) is 5.69 Å². The summed E-state index contributed by atoms with van der Waals surface area (Å²) < 4.78 is 7.51. The van der Waals surface area contributed by atoms with Gasteiger partial charge in [0.15, 0.2) is 0 Å². The Hall–Kier alpha value is -1.93. The van der Waals surface area contributed by atoms with E-state index in [2.05, 4.69) is 29.7 Å². The molecule has 3 rings (SSSR count). The lowest BCUT2D eigenvalue weighted by molar-refractivity contribution is 0.415. The molecule has 0 N–H and O–H groups in total. The van der Waals surface area contributed by atoms with Crippen molar-refractivity contribution in [2.24, 2.45) is 0 Å². The molecule has 0 aliphatic heterocycles. The van der Waals surface area contributed by atoms with E-state index < -0.39 is 0 Å². The van der Waals surface area contributed by atoms with Crippen LogP contribution in [0.2, 0.25) is 5.02 Å². The minimum atomic E-state index is 0.639. The number of hydrogen-bond acceptors (Lipinski definition) is 1. The molecule has 0 saturated heterocycles. The first-order chi connectivity index (χ1) is 9.20. The fourth-order valence-corrected chi connectivity index (χ4v) is 2.67. The maximum atomic E-state index is 6.18. The minimum absolute atomic E-state index is 0.639. The predicted molar refractivity (Wildman–Crippen MR) is 79.6 cm³/mol. The van der Waals surface area contributed by atoms with E-state index in [4.69, 9.17) is 16.3 Å². The Morgan fingerprint density at radius 3 is 2.47 bits per heavy atom. The maximum absolute atomic E-state index is 6.18. The second kappa shape index (κ2) is 4.63. The molecule has 3 heteroatoms. The van der Waals surface area contributed by atoms with Crippen LogP contribution in [0, 0.1) is 6.92 Å². The number of rotatable bonds is 2. The molecule has 0 radical (unpaired) electrons. The molecule has 0 fully saturated rings. The molecule has 0 spiro atoms. The fourth-order valence-electron chi connectivity index (χ4n) is 2.42. The van der Waals surface area contributed by atoms with Gasteiger partial charge in [-0.25, -0.2) is 0 Å². The van der Waals surface area contributed by atoms with Crippen LogP contribution in [0.4, 0.5) is 0 Å². The monoisotopic (exact) mass is 271 g/mol. The van der Waals surface area contributed by atoms with Crippen LogP contribution in [0.5, 0.6) is 5.75 Å². The molecule has 1 heterocycles. The van der Waals surface area contributed by atoms with Crippen LogP contribution in [-0.4, -0.2) is 11.7 Å². The van der Waals surface area contributed by atoms with Crippen LogP contribution < -0.4 is 4.74 Å². The van der Waals surface area contributed by atoms with E-state index in [0.717, 1.165) is 16.6 Å². The van der Waals surface area contributed by atoms with E-state index in [-0.39, 0.29) is 0 Å². The quantitative estimate of drug-likeness (QED) is 0.664. The van der Waals surface area contributed by atoms with Crippen LogP contribution in [0.3, 0.4) is 0 Å². The number of ether oxygens (including phenoxy) is 1. The van der Waals surface area contributed by atoms with Gasteiger partial charge in [0.05, 0.1) is 17.6 Å². The second-order valence-corrected chi connectivity index (χ2v) is 4.91. The molecular formula is C16H14ClNO. The lowest BCUT2D eigenvalue weighted by Crippen LogP contribution is -1.96. The van der Waals surface area contributed by atoms with Gasteiger partial charge in [0.25, 0.3) is 0 Å². The van der Waals surface area contributed by atoms with E-state index in [1.807, 2.05) is 30.3 Å². The normalized spacial score (nSPS) is 10.9. The average molecular weight is 272 g/mol. The number of halogens is 1. The summed E-state index contributed by atoms with van der Waals surface area (Å²) in [6.07, 6.45) is 0. The van der Waals surface area contributed by atoms with Gasteiger partial charge < -0.3 is 9.30 Å². The zero-order valence-corrected chi connectivity index (χ0v) is 11.6. The van der Waals surface area contributed by atoms with Crippen LogP contribution >= 0.6 is 11.6 Å². The minimum Gasteiger partial charge on any atom is -0.495 e. The van der Waals surface area contributed by atoms with Crippen molar-refractivity contribution in [1.82, 2.24) is 4.57 Å². The molecule has 0 atom stereocenters. The zero-order chi connectivity index (χ0) is 13.4. The smallest absolute Gasteiger partial charge is 0.139 e. The van der Waals surface area contributed by atoms with Gasteiger partial charge in [-0.1, -0.05) is 29.8 Å². The van der Waals surface area contributed by atoms with Crippen molar-refractivity contribution in [2.45, 2.75) is 6.92 Å². The average Bonchev–Trinajstić information content (AvgIpc) is 2.73. The van der Waals surface area contributed by atoms with Gasteiger partial charge in [0, 0.05) is 22.8 Å². The number of fused-ring (bicyclic) bond motifs is 1. The van der Waals surface area contributed by atoms with Crippen molar-refractivity contribution < 1.29 is 4.74 Å². The summed E-state index contributed by atoms with van der Waals surface area (Å²) in [7, 11) is 1.63. The molecule has 0 aliphatic carbocycles. The number of aromatic nitrogens is 1. The summed E-state index contributed by atoms with van der Waals surface area (Å²) in [5.41, 5.74) is 3.41. The third-order valence-electron chi connectivity index (χ3n) is 3.27. The third kappa shape index (κ3) is 1.98. The Morgan fingerprint density at radius 2 is 1.79 bits per heavy atom. The second-order valence-electron chi connectivity index (χ2n) is 4.50. The molecule has 0 amide bonds. The first-order valence-electron chi connectivity index (χ1n) is 6.11. The molecule has 19 heavy (non-hydrogen) atoms. The number of methoxy groups -OCH3 is 1. The molecule has 1 aromatic heterocycles. The zero-order valence-electron chi connectivity index (χ0n) is 10.9. The number of para-hydroxylation sites is 1. The third-order valence-corrected chi connectivity index (χ3v) is 3.57.